The molecule has 0 aromatic carbocycles. The van der Waals surface area contributed by atoms with Crippen LogP contribution in [-0.4, -0.2) is 23.4 Å². The first-order valence-electron chi connectivity index (χ1n) is 8.93. The minimum Gasteiger partial charge on any atom is -0.392 e. The predicted molar refractivity (Wildman–Crippen MR) is 92.7 cm³/mol. The molecule has 7 atom stereocenters. The van der Waals surface area contributed by atoms with E-state index in [9.17, 15) is 5.11 Å². The van der Waals surface area contributed by atoms with Crippen molar-refractivity contribution in [2.45, 2.75) is 78.1 Å². The molecule has 0 bridgehead atoms. The van der Waals surface area contributed by atoms with Crippen LogP contribution in [0.1, 0.15) is 59.8 Å². The van der Waals surface area contributed by atoms with Crippen molar-refractivity contribution in [1.82, 2.24) is 0 Å². The molecule has 0 amide bonds. The van der Waals surface area contributed by atoms with Gasteiger partial charge in [-0.3, -0.25) is 0 Å². The van der Waals surface area contributed by atoms with E-state index >= 15 is 0 Å². The minimum atomic E-state index is -0.310. The Balaban J connectivity index is 2.13. The molecule has 2 fully saturated rings. The summed E-state index contributed by atoms with van der Waals surface area (Å²) in [5, 5.41) is 10.5. The average Bonchev–Trinajstić information content (AvgIpc) is 2.36. The summed E-state index contributed by atoms with van der Waals surface area (Å²) in [4.78, 5) is 0. The number of hydrogen-bond donors (Lipinski definition) is 1. The molecule has 0 radical (unpaired) electrons. The van der Waals surface area contributed by atoms with Gasteiger partial charge in [0.2, 0.25) is 0 Å². The van der Waals surface area contributed by atoms with E-state index in [0.717, 1.165) is 30.8 Å². The Morgan fingerprint density at radius 3 is 2.14 bits per heavy atom. The summed E-state index contributed by atoms with van der Waals surface area (Å²) in [5.41, 5.74) is 2.30. The summed E-state index contributed by atoms with van der Waals surface area (Å²) in [6.07, 6.45) is 5.51. The Kier molecular flexibility index (Phi) is 5.90. The second-order valence-corrected chi connectivity index (χ2v) is 8.10. The van der Waals surface area contributed by atoms with Gasteiger partial charge in [-0.15, -0.1) is 0 Å². The van der Waals surface area contributed by atoms with Gasteiger partial charge in [0.25, 0.3) is 0 Å². The molecule has 0 heterocycles. The van der Waals surface area contributed by atoms with Gasteiger partial charge in [-0.05, 0) is 57.8 Å². The summed E-state index contributed by atoms with van der Waals surface area (Å²) in [6.45, 7) is 17.0. The van der Waals surface area contributed by atoms with Crippen LogP contribution in [0.15, 0.2) is 24.3 Å². The molecule has 2 unspecified atom stereocenters. The number of rotatable bonds is 4. The third-order valence-corrected chi connectivity index (χ3v) is 5.70. The summed E-state index contributed by atoms with van der Waals surface area (Å²) >= 11 is 0. The lowest BCUT2D eigenvalue weighted by molar-refractivity contribution is -0.122. The molecule has 0 aromatic heterocycles. The second kappa shape index (κ2) is 7.31. The zero-order valence-electron chi connectivity index (χ0n) is 14.8. The van der Waals surface area contributed by atoms with Crippen molar-refractivity contribution in [3.05, 3.63) is 24.3 Å². The molecule has 0 spiro atoms. The first-order chi connectivity index (χ1) is 10.3. The molecule has 0 saturated heterocycles. The van der Waals surface area contributed by atoms with E-state index in [0.29, 0.717) is 11.8 Å². The fraction of sp³-hybridized carbons (Fsp3) is 0.800. The minimum absolute atomic E-state index is 0.0826. The number of ether oxygens (including phenoxy) is 1. The average molecular weight is 306 g/mol. The molecule has 126 valence electrons. The van der Waals surface area contributed by atoms with Gasteiger partial charge in [-0.2, -0.15) is 0 Å². The fourth-order valence-electron chi connectivity index (χ4n) is 4.50. The molecular weight excluding hydrogens is 272 g/mol. The van der Waals surface area contributed by atoms with Crippen LogP contribution in [0, 0.1) is 23.7 Å². The molecule has 2 rings (SSSR count). The molecule has 22 heavy (non-hydrogen) atoms. The van der Waals surface area contributed by atoms with Crippen LogP contribution < -0.4 is 0 Å². The topological polar surface area (TPSA) is 29.5 Å². The Labute approximate surface area is 136 Å². The standard InChI is InChI=1S/C20H34O2/c1-12(2)16-8-7-14(5)10-18(16)22-19-11-15(6)9-17(21)20(19)13(3)4/h14-21H,1,3,7-11H2,2,4-6H3/t14-,15-,16?,17-,18+,19?,20-/m1/s1. The first-order valence-corrected chi connectivity index (χ1v) is 8.93. The van der Waals surface area contributed by atoms with Crippen molar-refractivity contribution in [1.29, 1.82) is 0 Å². The molecule has 2 saturated carbocycles. The van der Waals surface area contributed by atoms with Crippen LogP contribution in [0.25, 0.3) is 0 Å². The largest absolute Gasteiger partial charge is 0.392 e. The normalized spacial score (nSPS) is 42.9. The maximum Gasteiger partial charge on any atom is 0.0671 e. The highest BCUT2D eigenvalue weighted by molar-refractivity contribution is 5.07. The highest BCUT2D eigenvalue weighted by Gasteiger charge is 2.40. The van der Waals surface area contributed by atoms with Crippen LogP contribution in [0.3, 0.4) is 0 Å². The van der Waals surface area contributed by atoms with Crippen LogP contribution >= 0.6 is 0 Å². The Bertz CT molecular complexity index is 414. The fourth-order valence-corrected chi connectivity index (χ4v) is 4.50. The lowest BCUT2D eigenvalue weighted by Gasteiger charge is -2.44. The lowest BCUT2D eigenvalue weighted by atomic mass is 9.74. The van der Waals surface area contributed by atoms with Crippen molar-refractivity contribution in [3.63, 3.8) is 0 Å². The van der Waals surface area contributed by atoms with Gasteiger partial charge < -0.3 is 9.84 Å². The van der Waals surface area contributed by atoms with Crippen molar-refractivity contribution in [2.75, 3.05) is 0 Å². The molecule has 2 aliphatic carbocycles. The Morgan fingerprint density at radius 1 is 0.909 bits per heavy atom. The quantitative estimate of drug-likeness (QED) is 0.760. The zero-order valence-corrected chi connectivity index (χ0v) is 14.8. The Hall–Kier alpha value is -0.600. The third-order valence-electron chi connectivity index (χ3n) is 5.70. The van der Waals surface area contributed by atoms with Gasteiger partial charge in [-0.25, -0.2) is 0 Å². The Morgan fingerprint density at radius 2 is 1.55 bits per heavy atom. The smallest absolute Gasteiger partial charge is 0.0671 e. The lowest BCUT2D eigenvalue weighted by Crippen LogP contribution is -2.45. The monoisotopic (exact) mass is 306 g/mol. The molecular formula is C20H34O2. The highest BCUT2D eigenvalue weighted by Crippen LogP contribution is 2.40. The summed E-state index contributed by atoms with van der Waals surface area (Å²) in [5.74, 6) is 1.78. The van der Waals surface area contributed by atoms with Crippen LogP contribution in [-0.2, 0) is 4.74 Å². The first kappa shape index (κ1) is 17.7. The zero-order chi connectivity index (χ0) is 16.4. The van der Waals surface area contributed by atoms with Crippen molar-refractivity contribution >= 4 is 0 Å². The maximum absolute atomic E-state index is 10.5. The van der Waals surface area contributed by atoms with Crippen molar-refractivity contribution in [3.8, 4) is 0 Å². The van der Waals surface area contributed by atoms with E-state index in [1.54, 1.807) is 0 Å². The predicted octanol–water partition coefficient (Wildman–Crippen LogP) is 4.74. The summed E-state index contributed by atoms with van der Waals surface area (Å²) in [6, 6.07) is 0. The number of aliphatic hydroxyl groups excluding tert-OH is 1. The van der Waals surface area contributed by atoms with Gasteiger partial charge in [0.15, 0.2) is 0 Å². The molecule has 2 nitrogen and oxygen atoms in total. The van der Waals surface area contributed by atoms with Gasteiger partial charge >= 0.3 is 0 Å². The molecule has 0 aromatic rings. The third kappa shape index (κ3) is 4.02. The van der Waals surface area contributed by atoms with E-state index in [1.165, 1.54) is 18.4 Å². The summed E-state index contributed by atoms with van der Waals surface area (Å²) in [7, 11) is 0. The van der Waals surface area contributed by atoms with E-state index < -0.39 is 0 Å². The van der Waals surface area contributed by atoms with E-state index in [2.05, 4.69) is 33.9 Å². The molecule has 1 N–H and O–H groups in total. The maximum atomic E-state index is 10.5. The van der Waals surface area contributed by atoms with E-state index in [1.807, 2.05) is 6.92 Å². The van der Waals surface area contributed by atoms with E-state index in [-0.39, 0.29) is 24.2 Å². The van der Waals surface area contributed by atoms with Crippen LogP contribution in [0.5, 0.6) is 0 Å². The number of aliphatic hydroxyl groups is 1. The second-order valence-electron chi connectivity index (χ2n) is 8.10. The highest BCUT2D eigenvalue weighted by atomic mass is 16.5. The SMILES string of the molecule is C=C(C)C1CC[C@@H](C)C[C@@H]1OC1C[C@H](C)C[C@@H](O)[C@H]1C(=C)C. The number of hydrogen-bond acceptors (Lipinski definition) is 2. The molecule has 2 aliphatic rings. The summed E-state index contributed by atoms with van der Waals surface area (Å²) < 4.78 is 6.61. The van der Waals surface area contributed by atoms with Crippen molar-refractivity contribution in [2.24, 2.45) is 23.7 Å². The van der Waals surface area contributed by atoms with Gasteiger partial charge in [0, 0.05) is 11.8 Å². The van der Waals surface area contributed by atoms with Crippen LogP contribution in [0.4, 0.5) is 0 Å². The van der Waals surface area contributed by atoms with Gasteiger partial charge in [0.05, 0.1) is 18.3 Å². The van der Waals surface area contributed by atoms with Crippen LogP contribution in [0.2, 0.25) is 0 Å². The van der Waals surface area contributed by atoms with Crippen molar-refractivity contribution < 1.29 is 9.84 Å². The van der Waals surface area contributed by atoms with Gasteiger partial charge in [-0.1, -0.05) is 38.2 Å². The molecule has 2 heteroatoms. The van der Waals surface area contributed by atoms with E-state index in [4.69, 9.17) is 4.74 Å². The van der Waals surface area contributed by atoms with Gasteiger partial charge in [0.1, 0.15) is 0 Å². The molecule has 0 aliphatic heterocycles.